The summed E-state index contributed by atoms with van der Waals surface area (Å²) in [6.45, 7) is 2.11. The summed E-state index contributed by atoms with van der Waals surface area (Å²) in [5.74, 6) is -0.00306. The second kappa shape index (κ2) is 5.34. The molecule has 3 nitrogen and oxygen atoms in total. The normalized spacial score (nSPS) is 10.2. The van der Waals surface area contributed by atoms with E-state index in [9.17, 15) is 4.79 Å². The molecule has 2 rings (SSSR count). The molecule has 2 N–H and O–H groups in total. The van der Waals surface area contributed by atoms with Gasteiger partial charge in [0.15, 0.2) is 0 Å². The van der Waals surface area contributed by atoms with Crippen molar-refractivity contribution in [3.05, 3.63) is 53.9 Å². The molecule has 0 aliphatic rings. The zero-order chi connectivity index (χ0) is 12.1. The Hall–Kier alpha value is -2.03. The lowest BCUT2D eigenvalue weighted by Gasteiger charge is -2.05. The predicted octanol–water partition coefficient (Wildman–Crippen LogP) is 2.76. The van der Waals surface area contributed by atoms with Gasteiger partial charge in [-0.25, -0.2) is 0 Å². The van der Waals surface area contributed by atoms with Gasteiger partial charge < -0.3 is 10.3 Å². The van der Waals surface area contributed by atoms with E-state index in [1.54, 1.807) is 0 Å². The first-order valence-corrected chi connectivity index (χ1v) is 5.79. The number of rotatable bonds is 4. The molecule has 0 saturated heterocycles. The topological polar surface area (TPSA) is 44.9 Å². The zero-order valence-corrected chi connectivity index (χ0v) is 9.86. The van der Waals surface area contributed by atoms with Gasteiger partial charge in [0.1, 0.15) is 0 Å². The van der Waals surface area contributed by atoms with Gasteiger partial charge in [0.05, 0.1) is 6.42 Å². The Labute approximate surface area is 101 Å². The van der Waals surface area contributed by atoms with Gasteiger partial charge in [-0.05, 0) is 36.2 Å². The Morgan fingerprint density at radius 3 is 2.59 bits per heavy atom. The Morgan fingerprint density at radius 1 is 1.24 bits per heavy atom. The molecule has 0 spiro atoms. The molecular formula is C14H16N2O. The molecule has 2 aromatic rings. The summed E-state index contributed by atoms with van der Waals surface area (Å²) < 4.78 is 0. The lowest BCUT2D eigenvalue weighted by atomic mass is 10.1. The van der Waals surface area contributed by atoms with Crippen LogP contribution in [-0.2, 0) is 17.6 Å². The van der Waals surface area contributed by atoms with Crippen LogP contribution in [0.15, 0.2) is 42.6 Å². The van der Waals surface area contributed by atoms with E-state index < -0.39 is 0 Å². The van der Waals surface area contributed by atoms with Gasteiger partial charge in [-0.2, -0.15) is 0 Å². The SMILES string of the molecule is CCc1ccc(NC(=O)Cc2ccc[nH]2)cc1. The lowest BCUT2D eigenvalue weighted by molar-refractivity contribution is -0.115. The number of carbonyl (C=O) groups is 1. The molecular weight excluding hydrogens is 212 g/mol. The van der Waals surface area contributed by atoms with Crippen molar-refractivity contribution in [1.82, 2.24) is 4.98 Å². The summed E-state index contributed by atoms with van der Waals surface area (Å²) >= 11 is 0. The highest BCUT2D eigenvalue weighted by molar-refractivity contribution is 5.92. The van der Waals surface area contributed by atoms with E-state index in [1.165, 1.54) is 5.56 Å². The Bertz CT molecular complexity index is 471. The maximum absolute atomic E-state index is 11.7. The minimum Gasteiger partial charge on any atom is -0.365 e. The molecule has 0 aliphatic heterocycles. The van der Waals surface area contributed by atoms with Gasteiger partial charge in [-0.3, -0.25) is 4.79 Å². The summed E-state index contributed by atoms with van der Waals surface area (Å²) in [7, 11) is 0. The van der Waals surface area contributed by atoms with Crippen LogP contribution in [0.2, 0.25) is 0 Å². The van der Waals surface area contributed by atoms with Crippen LogP contribution in [0.4, 0.5) is 5.69 Å². The Morgan fingerprint density at radius 2 is 2.00 bits per heavy atom. The van der Waals surface area contributed by atoms with Gasteiger partial charge in [0.25, 0.3) is 0 Å². The summed E-state index contributed by atoms with van der Waals surface area (Å²) in [6.07, 6.45) is 3.21. The molecule has 1 heterocycles. The average Bonchev–Trinajstić information content (AvgIpc) is 2.82. The molecule has 0 radical (unpaired) electrons. The molecule has 0 fully saturated rings. The van der Waals surface area contributed by atoms with Crippen LogP contribution in [0.5, 0.6) is 0 Å². The van der Waals surface area contributed by atoms with Crippen LogP contribution >= 0.6 is 0 Å². The summed E-state index contributed by atoms with van der Waals surface area (Å²) in [5, 5.41) is 2.87. The Kier molecular flexibility index (Phi) is 3.60. The number of carbonyl (C=O) groups excluding carboxylic acids is 1. The number of aromatic amines is 1. The fraction of sp³-hybridized carbons (Fsp3) is 0.214. The fourth-order valence-corrected chi connectivity index (χ4v) is 1.68. The van der Waals surface area contributed by atoms with E-state index in [0.717, 1.165) is 17.8 Å². The molecule has 1 aromatic carbocycles. The van der Waals surface area contributed by atoms with Gasteiger partial charge in [-0.15, -0.1) is 0 Å². The highest BCUT2D eigenvalue weighted by atomic mass is 16.1. The van der Waals surface area contributed by atoms with E-state index in [1.807, 2.05) is 42.6 Å². The van der Waals surface area contributed by atoms with Crippen molar-refractivity contribution in [2.45, 2.75) is 19.8 Å². The molecule has 0 saturated carbocycles. The Balaban J connectivity index is 1.93. The monoisotopic (exact) mass is 228 g/mol. The summed E-state index contributed by atoms with van der Waals surface area (Å²) in [6, 6.07) is 11.7. The van der Waals surface area contributed by atoms with Gasteiger partial charge in [0, 0.05) is 17.6 Å². The highest BCUT2D eigenvalue weighted by Gasteiger charge is 2.04. The average molecular weight is 228 g/mol. The van der Waals surface area contributed by atoms with Crippen molar-refractivity contribution in [2.24, 2.45) is 0 Å². The third kappa shape index (κ3) is 3.21. The number of hydrogen-bond acceptors (Lipinski definition) is 1. The first-order valence-electron chi connectivity index (χ1n) is 5.79. The molecule has 0 aliphatic carbocycles. The zero-order valence-electron chi connectivity index (χ0n) is 9.86. The number of benzene rings is 1. The number of hydrogen-bond donors (Lipinski definition) is 2. The molecule has 0 atom stereocenters. The van der Waals surface area contributed by atoms with E-state index in [2.05, 4.69) is 17.2 Å². The predicted molar refractivity (Wildman–Crippen MR) is 68.9 cm³/mol. The smallest absolute Gasteiger partial charge is 0.230 e. The molecule has 0 unspecified atom stereocenters. The van der Waals surface area contributed by atoms with E-state index in [-0.39, 0.29) is 5.91 Å². The standard InChI is InChI=1S/C14H16N2O/c1-2-11-5-7-12(8-6-11)16-14(17)10-13-4-3-9-15-13/h3-9,15H,2,10H2,1H3,(H,16,17). The number of amides is 1. The van der Waals surface area contributed by atoms with Crippen molar-refractivity contribution in [1.29, 1.82) is 0 Å². The molecule has 17 heavy (non-hydrogen) atoms. The van der Waals surface area contributed by atoms with Crippen molar-refractivity contribution >= 4 is 11.6 Å². The van der Waals surface area contributed by atoms with Crippen molar-refractivity contribution < 1.29 is 4.79 Å². The fourth-order valence-electron chi connectivity index (χ4n) is 1.68. The van der Waals surface area contributed by atoms with E-state index >= 15 is 0 Å². The molecule has 1 aromatic heterocycles. The number of anilines is 1. The van der Waals surface area contributed by atoms with Gasteiger partial charge in [-0.1, -0.05) is 19.1 Å². The van der Waals surface area contributed by atoms with Crippen molar-refractivity contribution in [2.75, 3.05) is 5.32 Å². The maximum Gasteiger partial charge on any atom is 0.230 e. The van der Waals surface area contributed by atoms with Gasteiger partial charge >= 0.3 is 0 Å². The number of H-pyrrole nitrogens is 1. The van der Waals surface area contributed by atoms with E-state index in [4.69, 9.17) is 0 Å². The molecule has 3 heteroatoms. The van der Waals surface area contributed by atoms with Crippen LogP contribution in [0.1, 0.15) is 18.2 Å². The summed E-state index contributed by atoms with van der Waals surface area (Å²) in [5.41, 5.74) is 3.04. The number of aryl methyl sites for hydroxylation is 1. The molecule has 88 valence electrons. The van der Waals surface area contributed by atoms with Crippen molar-refractivity contribution in [3.63, 3.8) is 0 Å². The second-order valence-corrected chi connectivity index (χ2v) is 3.97. The first kappa shape index (κ1) is 11.5. The molecule has 1 amide bonds. The number of aromatic nitrogens is 1. The third-order valence-electron chi connectivity index (χ3n) is 2.66. The number of nitrogens with one attached hydrogen (secondary N) is 2. The highest BCUT2D eigenvalue weighted by Crippen LogP contribution is 2.10. The lowest BCUT2D eigenvalue weighted by Crippen LogP contribution is -2.14. The van der Waals surface area contributed by atoms with Crippen LogP contribution in [0.3, 0.4) is 0 Å². The molecule has 0 bridgehead atoms. The van der Waals surface area contributed by atoms with Crippen LogP contribution in [-0.4, -0.2) is 10.9 Å². The van der Waals surface area contributed by atoms with E-state index in [0.29, 0.717) is 6.42 Å². The van der Waals surface area contributed by atoms with Crippen LogP contribution in [0, 0.1) is 0 Å². The van der Waals surface area contributed by atoms with Crippen molar-refractivity contribution in [3.8, 4) is 0 Å². The maximum atomic E-state index is 11.7. The van der Waals surface area contributed by atoms with Crippen LogP contribution < -0.4 is 5.32 Å². The first-order chi connectivity index (χ1) is 8.28. The van der Waals surface area contributed by atoms with Crippen LogP contribution in [0.25, 0.3) is 0 Å². The minimum atomic E-state index is -0.00306. The second-order valence-electron chi connectivity index (χ2n) is 3.97. The summed E-state index contributed by atoms with van der Waals surface area (Å²) in [4.78, 5) is 14.7. The minimum absolute atomic E-state index is 0.00306. The quantitative estimate of drug-likeness (QED) is 0.830. The largest absolute Gasteiger partial charge is 0.365 e. The third-order valence-corrected chi connectivity index (χ3v) is 2.66. The van der Waals surface area contributed by atoms with Gasteiger partial charge in [0.2, 0.25) is 5.91 Å².